The number of nitrogens with zero attached hydrogens (tertiary/aromatic N) is 3. The standard InChI is InChI=1S/C16H17N3O4S/c1-11(20)18-7-8-23-16-6-5-13(9-15(16)18)24(21,22)19-10-12-3-2-4-14(12)17-19/h5-6,9-10H,2-4,7-8H2,1H3. The summed E-state index contributed by atoms with van der Waals surface area (Å²) in [6.07, 6.45) is 4.29. The van der Waals surface area contributed by atoms with Gasteiger partial charge in [0, 0.05) is 13.1 Å². The van der Waals surface area contributed by atoms with Gasteiger partial charge in [0.2, 0.25) is 5.91 Å². The first-order valence-electron chi connectivity index (χ1n) is 7.85. The average Bonchev–Trinajstić information content (AvgIpc) is 3.15. The van der Waals surface area contributed by atoms with E-state index in [4.69, 9.17) is 4.74 Å². The molecule has 0 radical (unpaired) electrons. The van der Waals surface area contributed by atoms with E-state index in [1.54, 1.807) is 12.3 Å². The summed E-state index contributed by atoms with van der Waals surface area (Å²) in [4.78, 5) is 13.4. The number of carbonyl (C=O) groups is 1. The zero-order valence-electron chi connectivity index (χ0n) is 13.2. The summed E-state index contributed by atoms with van der Waals surface area (Å²) < 4.78 is 32.3. The third-order valence-electron chi connectivity index (χ3n) is 4.43. The van der Waals surface area contributed by atoms with Crippen LogP contribution in [0.2, 0.25) is 0 Å². The number of anilines is 1. The van der Waals surface area contributed by atoms with Crippen LogP contribution in [-0.4, -0.2) is 36.7 Å². The van der Waals surface area contributed by atoms with Crippen LogP contribution in [-0.2, 0) is 27.7 Å². The van der Waals surface area contributed by atoms with Crippen LogP contribution in [0.15, 0.2) is 29.3 Å². The molecule has 126 valence electrons. The van der Waals surface area contributed by atoms with Gasteiger partial charge in [-0.3, -0.25) is 4.79 Å². The number of aromatic nitrogens is 2. The highest BCUT2D eigenvalue weighted by Crippen LogP contribution is 2.34. The molecule has 1 aromatic heterocycles. The van der Waals surface area contributed by atoms with Gasteiger partial charge < -0.3 is 9.64 Å². The molecule has 1 amide bonds. The summed E-state index contributed by atoms with van der Waals surface area (Å²) in [6, 6.07) is 4.57. The molecule has 8 heteroatoms. The van der Waals surface area contributed by atoms with Gasteiger partial charge in [0.15, 0.2) is 0 Å². The molecule has 0 fully saturated rings. The largest absolute Gasteiger partial charge is 0.490 e. The van der Waals surface area contributed by atoms with Gasteiger partial charge in [0.05, 0.1) is 22.8 Å². The summed E-state index contributed by atoms with van der Waals surface area (Å²) in [7, 11) is -3.79. The van der Waals surface area contributed by atoms with Crippen LogP contribution in [0.1, 0.15) is 24.6 Å². The monoisotopic (exact) mass is 347 g/mol. The van der Waals surface area contributed by atoms with E-state index in [2.05, 4.69) is 5.10 Å². The van der Waals surface area contributed by atoms with Crippen LogP contribution < -0.4 is 9.64 Å². The molecule has 24 heavy (non-hydrogen) atoms. The quantitative estimate of drug-likeness (QED) is 0.819. The Balaban J connectivity index is 1.78. The van der Waals surface area contributed by atoms with Gasteiger partial charge in [-0.15, -0.1) is 0 Å². The van der Waals surface area contributed by atoms with Crippen LogP contribution in [0.4, 0.5) is 5.69 Å². The van der Waals surface area contributed by atoms with Crippen LogP contribution in [0.3, 0.4) is 0 Å². The molecule has 2 aromatic rings. The molecule has 0 spiro atoms. The zero-order chi connectivity index (χ0) is 16.9. The highest BCUT2D eigenvalue weighted by atomic mass is 32.2. The lowest BCUT2D eigenvalue weighted by Gasteiger charge is -2.28. The minimum Gasteiger partial charge on any atom is -0.490 e. The smallest absolute Gasteiger partial charge is 0.283 e. The zero-order valence-corrected chi connectivity index (χ0v) is 14.0. The summed E-state index contributed by atoms with van der Waals surface area (Å²) in [6.45, 7) is 2.25. The second-order valence-corrected chi connectivity index (χ2v) is 7.78. The van der Waals surface area contributed by atoms with E-state index < -0.39 is 10.0 Å². The second kappa shape index (κ2) is 5.34. The van der Waals surface area contributed by atoms with E-state index in [9.17, 15) is 13.2 Å². The summed E-state index contributed by atoms with van der Waals surface area (Å²) in [5.41, 5.74) is 2.32. The SMILES string of the molecule is CC(=O)N1CCOc2ccc(S(=O)(=O)n3cc4c(n3)CCC4)cc21. The highest BCUT2D eigenvalue weighted by molar-refractivity contribution is 7.89. The van der Waals surface area contributed by atoms with Gasteiger partial charge in [0.25, 0.3) is 10.0 Å². The van der Waals surface area contributed by atoms with Crippen molar-refractivity contribution in [1.29, 1.82) is 0 Å². The molecule has 0 atom stereocenters. The minimum absolute atomic E-state index is 0.0965. The first-order chi connectivity index (χ1) is 11.5. The van der Waals surface area contributed by atoms with Gasteiger partial charge >= 0.3 is 0 Å². The van der Waals surface area contributed by atoms with Crippen molar-refractivity contribution in [2.75, 3.05) is 18.1 Å². The first-order valence-corrected chi connectivity index (χ1v) is 9.29. The summed E-state index contributed by atoms with van der Waals surface area (Å²) >= 11 is 0. The Bertz CT molecular complexity index is 911. The molecule has 4 rings (SSSR count). The molecule has 7 nitrogen and oxygen atoms in total. The van der Waals surface area contributed by atoms with Crippen molar-refractivity contribution in [2.45, 2.75) is 31.1 Å². The lowest BCUT2D eigenvalue weighted by molar-refractivity contribution is -0.116. The van der Waals surface area contributed by atoms with Crippen LogP contribution in [0, 0.1) is 0 Å². The van der Waals surface area contributed by atoms with Crippen molar-refractivity contribution >= 4 is 21.6 Å². The van der Waals surface area contributed by atoms with E-state index >= 15 is 0 Å². The fourth-order valence-corrected chi connectivity index (χ4v) is 4.39. The normalized spacial score (nSPS) is 16.5. The topological polar surface area (TPSA) is 81.5 Å². The number of ether oxygens (including phenoxy) is 1. The van der Waals surface area contributed by atoms with Crippen molar-refractivity contribution in [3.8, 4) is 5.75 Å². The number of rotatable bonds is 2. The molecular formula is C16H17N3O4S. The number of carbonyl (C=O) groups excluding carboxylic acids is 1. The van der Waals surface area contributed by atoms with Crippen molar-refractivity contribution in [3.05, 3.63) is 35.7 Å². The highest BCUT2D eigenvalue weighted by Gasteiger charge is 2.27. The molecular weight excluding hydrogens is 330 g/mol. The summed E-state index contributed by atoms with van der Waals surface area (Å²) in [5.74, 6) is 0.366. The lowest BCUT2D eigenvalue weighted by atomic mass is 10.2. The van der Waals surface area contributed by atoms with Gasteiger partial charge in [-0.2, -0.15) is 17.6 Å². The molecule has 0 N–H and O–H groups in total. The Morgan fingerprint density at radius 1 is 1.29 bits per heavy atom. The summed E-state index contributed by atoms with van der Waals surface area (Å²) in [5, 5.41) is 4.22. The van der Waals surface area contributed by atoms with Gasteiger partial charge in [-0.25, -0.2) is 0 Å². The van der Waals surface area contributed by atoms with E-state index in [1.165, 1.54) is 24.0 Å². The number of benzene rings is 1. The van der Waals surface area contributed by atoms with Crippen LogP contribution >= 0.6 is 0 Å². The van der Waals surface area contributed by atoms with Crippen molar-refractivity contribution in [2.24, 2.45) is 0 Å². The van der Waals surface area contributed by atoms with Crippen molar-refractivity contribution in [3.63, 3.8) is 0 Å². The minimum atomic E-state index is -3.79. The number of hydrogen-bond donors (Lipinski definition) is 0. The lowest BCUT2D eigenvalue weighted by Crippen LogP contribution is -2.36. The fourth-order valence-electron chi connectivity index (χ4n) is 3.20. The number of aryl methyl sites for hydroxylation is 2. The Morgan fingerprint density at radius 3 is 2.88 bits per heavy atom. The third-order valence-corrected chi connectivity index (χ3v) is 5.96. The molecule has 0 saturated heterocycles. The van der Waals surface area contributed by atoms with E-state index in [1.807, 2.05) is 0 Å². The Morgan fingerprint density at radius 2 is 2.12 bits per heavy atom. The molecule has 1 aliphatic heterocycles. The first kappa shape index (κ1) is 15.2. The average molecular weight is 347 g/mol. The van der Waals surface area contributed by atoms with Gasteiger partial charge in [-0.1, -0.05) is 0 Å². The van der Waals surface area contributed by atoms with Gasteiger partial charge in [-0.05, 0) is 43.0 Å². The second-order valence-electron chi connectivity index (χ2n) is 5.98. The maximum absolute atomic E-state index is 12.9. The molecule has 0 bridgehead atoms. The number of hydrogen-bond acceptors (Lipinski definition) is 5. The van der Waals surface area contributed by atoms with Crippen molar-refractivity contribution < 1.29 is 17.9 Å². The predicted octanol–water partition coefficient (Wildman–Crippen LogP) is 1.35. The van der Waals surface area contributed by atoms with Crippen molar-refractivity contribution in [1.82, 2.24) is 9.19 Å². The number of fused-ring (bicyclic) bond motifs is 2. The molecule has 2 aliphatic rings. The Kier molecular flexibility index (Phi) is 3.38. The molecule has 0 saturated carbocycles. The Hall–Kier alpha value is -2.35. The van der Waals surface area contributed by atoms with E-state index in [0.29, 0.717) is 24.6 Å². The molecule has 2 heterocycles. The van der Waals surface area contributed by atoms with E-state index in [-0.39, 0.29) is 10.8 Å². The number of amides is 1. The maximum Gasteiger partial charge on any atom is 0.283 e. The third kappa shape index (κ3) is 2.29. The van der Waals surface area contributed by atoms with E-state index in [0.717, 1.165) is 34.6 Å². The fraction of sp³-hybridized carbons (Fsp3) is 0.375. The molecule has 1 aromatic carbocycles. The van der Waals surface area contributed by atoms with Crippen LogP contribution in [0.25, 0.3) is 0 Å². The predicted molar refractivity (Wildman–Crippen MR) is 86.8 cm³/mol. The Labute approximate surface area is 139 Å². The molecule has 1 aliphatic carbocycles. The maximum atomic E-state index is 12.9. The molecule has 0 unspecified atom stereocenters. The van der Waals surface area contributed by atoms with Gasteiger partial charge in [0.1, 0.15) is 12.4 Å². The van der Waals surface area contributed by atoms with Crippen LogP contribution in [0.5, 0.6) is 5.75 Å².